The summed E-state index contributed by atoms with van der Waals surface area (Å²) < 4.78 is 11.3. The first-order chi connectivity index (χ1) is 30.8. The Bertz CT molecular complexity index is 2130. The fourth-order valence-electron chi connectivity index (χ4n) is 7.62. The second kappa shape index (κ2) is 25.7. The Kier molecular flexibility index (Phi) is 19.2. The van der Waals surface area contributed by atoms with Crippen LogP contribution in [0.2, 0.25) is 0 Å². The Hall–Kier alpha value is -5.33. The molecule has 1 aliphatic carbocycles. The summed E-state index contributed by atoms with van der Waals surface area (Å²) in [6.07, 6.45) is 10.1. The zero-order valence-electron chi connectivity index (χ0n) is 35.7. The van der Waals surface area contributed by atoms with E-state index in [1.807, 2.05) is 60.7 Å². The smallest absolute Gasteiger partial charge is 0.647 e. The summed E-state index contributed by atoms with van der Waals surface area (Å²) in [5, 5.41) is 8.39. The SMILES string of the molecule is C1CCCC1.COC1(c2ccccc2)O[C-]=NC1c1ccccc1.[Ru+2].c1ccc(P(c2ccccc2)c2ccccc2)cc1.c1ccc(P(c2ccccc2)c2ccccc2)cc1. The van der Waals surface area contributed by atoms with Crippen molar-refractivity contribution in [3.63, 3.8) is 0 Å². The Morgan fingerprint density at radius 2 is 0.667 bits per heavy atom. The van der Waals surface area contributed by atoms with Crippen LogP contribution in [0.15, 0.2) is 248 Å². The van der Waals surface area contributed by atoms with Crippen molar-refractivity contribution >= 4 is 54.1 Å². The Labute approximate surface area is 390 Å². The molecule has 1 aliphatic heterocycles. The van der Waals surface area contributed by atoms with Crippen LogP contribution in [0.25, 0.3) is 0 Å². The standard InChI is InChI=1S/2C18H15P.C16H14NO2.C5H10.Ru/c2*1-4-10-16(11-5-1)19(17-12-6-2-7-13-17)18-14-8-3-9-15-18;1-18-16(14-10-6-3-7-11-14)15(17-12-19-16)13-8-4-2-5-9-13;1-2-4-5-3-1;/h2*1-15H;2-11,15H,1H3;1-5H2;/q;;-1;;+2. The van der Waals surface area contributed by atoms with Crippen LogP contribution in [-0.2, 0) is 34.7 Å². The second-order valence-corrected chi connectivity index (χ2v) is 19.3. The molecule has 10 rings (SSSR count). The molecule has 0 bridgehead atoms. The van der Waals surface area contributed by atoms with E-state index >= 15 is 0 Å². The molecule has 1 saturated carbocycles. The number of ether oxygens (including phenoxy) is 2. The summed E-state index contributed by atoms with van der Waals surface area (Å²) in [7, 11) is 0.738. The van der Waals surface area contributed by atoms with Gasteiger partial charge in [0.25, 0.3) is 0 Å². The van der Waals surface area contributed by atoms with Gasteiger partial charge in [-0.2, -0.15) is 6.40 Å². The van der Waals surface area contributed by atoms with Gasteiger partial charge in [-0.3, -0.25) is 0 Å². The number of rotatable bonds is 9. The van der Waals surface area contributed by atoms with E-state index in [1.165, 1.54) is 63.9 Å². The largest absolute Gasteiger partial charge is 2.00 e. The van der Waals surface area contributed by atoms with Crippen LogP contribution >= 0.6 is 15.8 Å². The van der Waals surface area contributed by atoms with E-state index in [9.17, 15) is 0 Å². The maximum absolute atomic E-state index is 5.67. The molecule has 0 aromatic heterocycles. The van der Waals surface area contributed by atoms with Crippen molar-refractivity contribution in [1.29, 1.82) is 0 Å². The molecule has 63 heavy (non-hydrogen) atoms. The molecule has 8 aromatic rings. The molecule has 0 amide bonds. The van der Waals surface area contributed by atoms with Crippen molar-refractivity contribution in [2.24, 2.45) is 4.99 Å². The third-order valence-electron chi connectivity index (χ3n) is 10.7. The van der Waals surface area contributed by atoms with Crippen LogP contribution in [0.1, 0.15) is 49.3 Å². The Morgan fingerprint density at radius 3 is 0.937 bits per heavy atom. The molecule has 6 heteroatoms. The topological polar surface area (TPSA) is 30.8 Å². The van der Waals surface area contributed by atoms with Gasteiger partial charge in [-0.25, -0.2) is 0 Å². The summed E-state index contributed by atoms with van der Waals surface area (Å²) in [6.45, 7) is 0. The second-order valence-electron chi connectivity index (χ2n) is 14.8. The minimum absolute atomic E-state index is 0. The summed E-state index contributed by atoms with van der Waals surface area (Å²) in [4.78, 5) is 4.31. The fraction of sp³-hybridized carbons (Fsp3) is 0.140. The average Bonchev–Trinajstić information content (AvgIpc) is 4.11. The quantitative estimate of drug-likeness (QED) is 0.0820. The van der Waals surface area contributed by atoms with Crippen molar-refractivity contribution < 1.29 is 29.0 Å². The van der Waals surface area contributed by atoms with Crippen LogP contribution in [-0.4, -0.2) is 13.5 Å². The van der Waals surface area contributed by atoms with Gasteiger partial charge in [-0.05, 0) is 53.2 Å². The monoisotopic (exact) mass is 948 g/mol. The summed E-state index contributed by atoms with van der Waals surface area (Å²) >= 11 is 0. The minimum Gasteiger partial charge on any atom is -0.647 e. The summed E-state index contributed by atoms with van der Waals surface area (Å²) in [5.41, 5.74) is 1.97. The van der Waals surface area contributed by atoms with Crippen molar-refractivity contribution in [1.82, 2.24) is 0 Å². The van der Waals surface area contributed by atoms with Gasteiger partial charge in [0.15, 0.2) is 0 Å². The predicted octanol–water partition coefficient (Wildman–Crippen LogP) is 12.0. The molecule has 0 saturated heterocycles. The molecule has 8 aromatic carbocycles. The molecule has 1 fully saturated rings. The van der Waals surface area contributed by atoms with Crippen molar-refractivity contribution in [2.75, 3.05) is 7.11 Å². The van der Waals surface area contributed by atoms with Crippen LogP contribution in [0.3, 0.4) is 0 Å². The molecule has 2 atom stereocenters. The van der Waals surface area contributed by atoms with Crippen LogP contribution in [0.4, 0.5) is 0 Å². The molecule has 2 aliphatic rings. The van der Waals surface area contributed by atoms with Crippen LogP contribution in [0.5, 0.6) is 0 Å². The minimum atomic E-state index is -0.928. The van der Waals surface area contributed by atoms with Gasteiger partial charge in [0.2, 0.25) is 5.79 Å². The van der Waals surface area contributed by atoms with E-state index in [0.29, 0.717) is 0 Å². The number of hydrogen-bond acceptors (Lipinski definition) is 3. The van der Waals surface area contributed by atoms with Gasteiger partial charge < -0.3 is 14.5 Å². The molecule has 1 heterocycles. The van der Waals surface area contributed by atoms with Gasteiger partial charge in [0.1, 0.15) is 6.04 Å². The first kappa shape index (κ1) is 47.2. The average molecular weight is 948 g/mol. The maximum Gasteiger partial charge on any atom is 2.00 e. The van der Waals surface area contributed by atoms with E-state index in [-0.39, 0.29) is 25.5 Å². The molecule has 2 unspecified atom stereocenters. The first-order valence-electron chi connectivity index (χ1n) is 21.5. The molecular formula is C57H54NO2P2Ru+. The van der Waals surface area contributed by atoms with Gasteiger partial charge in [0, 0.05) is 12.7 Å². The maximum atomic E-state index is 5.67. The van der Waals surface area contributed by atoms with Gasteiger partial charge in [0.05, 0.1) is 0 Å². The van der Waals surface area contributed by atoms with Gasteiger partial charge >= 0.3 is 19.5 Å². The molecule has 316 valence electrons. The van der Waals surface area contributed by atoms with E-state index in [4.69, 9.17) is 9.47 Å². The molecular weight excluding hydrogens is 894 g/mol. The summed E-state index contributed by atoms with van der Waals surface area (Å²) in [6, 6.07) is 84.2. The van der Waals surface area contributed by atoms with Crippen LogP contribution in [0, 0.1) is 0 Å². The predicted molar refractivity (Wildman–Crippen MR) is 266 cm³/mol. The number of benzene rings is 8. The fourth-order valence-corrected chi connectivity index (χ4v) is 12.2. The third-order valence-corrected chi connectivity index (χ3v) is 15.6. The first-order valence-corrected chi connectivity index (χ1v) is 24.1. The van der Waals surface area contributed by atoms with Crippen molar-refractivity contribution in [3.05, 3.63) is 254 Å². The van der Waals surface area contributed by atoms with Crippen LogP contribution < -0.4 is 31.8 Å². The Balaban J connectivity index is 0.000000147. The van der Waals surface area contributed by atoms with E-state index in [2.05, 4.69) is 193 Å². The zero-order chi connectivity index (χ0) is 42.5. The third kappa shape index (κ3) is 13.1. The van der Waals surface area contributed by atoms with Gasteiger partial charge in [-0.1, -0.05) is 275 Å². The molecule has 0 N–H and O–H groups in total. The van der Waals surface area contributed by atoms with E-state index in [1.54, 1.807) is 7.11 Å². The Morgan fingerprint density at radius 1 is 0.413 bits per heavy atom. The van der Waals surface area contributed by atoms with E-state index < -0.39 is 21.6 Å². The normalized spacial score (nSPS) is 15.9. The van der Waals surface area contributed by atoms with Crippen molar-refractivity contribution in [3.8, 4) is 0 Å². The molecule has 0 radical (unpaired) electrons. The van der Waals surface area contributed by atoms with E-state index in [0.717, 1.165) is 11.1 Å². The molecule has 3 nitrogen and oxygen atoms in total. The number of aliphatic imine (C=N–C) groups is 1. The number of nitrogens with zero attached hydrogens (tertiary/aromatic N) is 1. The van der Waals surface area contributed by atoms with Crippen molar-refractivity contribution in [2.45, 2.75) is 43.9 Å². The van der Waals surface area contributed by atoms with Gasteiger partial charge in [-0.15, -0.1) is 0 Å². The number of hydrogen-bond donors (Lipinski definition) is 0. The summed E-state index contributed by atoms with van der Waals surface area (Å²) in [5.74, 6) is -0.928. The zero-order valence-corrected chi connectivity index (χ0v) is 39.2. The molecule has 0 spiro atoms. The number of methoxy groups -OCH3 is 1.